The van der Waals surface area contributed by atoms with Gasteiger partial charge in [-0.2, -0.15) is 0 Å². The van der Waals surface area contributed by atoms with E-state index in [4.69, 9.17) is 10.5 Å². The summed E-state index contributed by atoms with van der Waals surface area (Å²) in [7, 11) is 0. The predicted octanol–water partition coefficient (Wildman–Crippen LogP) is 2.62. The molecule has 2 N–H and O–H groups in total. The summed E-state index contributed by atoms with van der Waals surface area (Å²) in [5.74, 6) is -1.41. The quantitative estimate of drug-likeness (QED) is 0.551. The average molecular weight is 405 g/mol. The van der Waals surface area contributed by atoms with E-state index in [1.54, 1.807) is 24.3 Å². The van der Waals surface area contributed by atoms with Gasteiger partial charge in [0.1, 0.15) is 0 Å². The van der Waals surface area contributed by atoms with Crippen LogP contribution in [0.5, 0.6) is 0 Å². The molecule has 2 amide bonds. The third-order valence-electron chi connectivity index (χ3n) is 4.55. The van der Waals surface area contributed by atoms with Crippen LogP contribution in [0, 0.1) is 0 Å². The number of primary amides is 1. The average Bonchev–Trinajstić information content (AvgIpc) is 2.76. The van der Waals surface area contributed by atoms with Gasteiger partial charge in [0.15, 0.2) is 6.61 Å². The smallest absolute Gasteiger partial charge is 0.306 e. The first-order chi connectivity index (χ1) is 14.5. The summed E-state index contributed by atoms with van der Waals surface area (Å²) >= 11 is 0. The van der Waals surface area contributed by atoms with E-state index >= 15 is 0 Å². The first-order valence-corrected chi connectivity index (χ1v) is 9.67. The zero-order valence-electron chi connectivity index (χ0n) is 16.5. The van der Waals surface area contributed by atoms with Crippen molar-refractivity contribution in [2.75, 3.05) is 18.1 Å². The van der Waals surface area contributed by atoms with Crippen LogP contribution in [0.3, 0.4) is 0 Å². The van der Waals surface area contributed by atoms with E-state index in [9.17, 15) is 14.4 Å². The summed E-state index contributed by atoms with van der Waals surface area (Å²) in [4.78, 5) is 41.7. The molecule has 1 heterocycles. The lowest BCUT2D eigenvalue weighted by atomic mass is 10.1. The number of para-hydroxylation sites is 2. The number of esters is 1. The lowest BCUT2D eigenvalue weighted by Gasteiger charge is -2.22. The van der Waals surface area contributed by atoms with Crippen LogP contribution in [0.4, 0.5) is 5.69 Å². The molecule has 0 fully saturated rings. The highest BCUT2D eigenvalue weighted by atomic mass is 16.5. The van der Waals surface area contributed by atoms with E-state index in [0.29, 0.717) is 12.1 Å². The van der Waals surface area contributed by atoms with Gasteiger partial charge in [-0.25, -0.2) is 0 Å². The minimum Gasteiger partial charge on any atom is -0.456 e. The predicted molar refractivity (Wildman–Crippen MR) is 114 cm³/mol. The Bertz CT molecular complexity index is 1040. The van der Waals surface area contributed by atoms with Gasteiger partial charge < -0.3 is 15.4 Å². The van der Waals surface area contributed by atoms with Crippen molar-refractivity contribution in [3.05, 3.63) is 72.4 Å². The van der Waals surface area contributed by atoms with Crippen LogP contribution >= 0.6 is 0 Å². The Morgan fingerprint density at radius 3 is 2.40 bits per heavy atom. The molecule has 7 nitrogen and oxygen atoms in total. The second kappa shape index (κ2) is 10.2. The number of ether oxygens (including phenoxy) is 1. The van der Waals surface area contributed by atoms with Crippen LogP contribution in [0.25, 0.3) is 10.9 Å². The number of hydrogen-bond donors (Lipinski definition) is 1. The van der Waals surface area contributed by atoms with Crippen molar-refractivity contribution in [3.8, 4) is 0 Å². The molecule has 30 heavy (non-hydrogen) atoms. The number of carbonyl (C=O) groups is 3. The van der Waals surface area contributed by atoms with E-state index in [0.717, 1.165) is 16.6 Å². The van der Waals surface area contributed by atoms with Crippen LogP contribution < -0.4 is 10.6 Å². The zero-order chi connectivity index (χ0) is 21.3. The standard InChI is InChI=1S/C23H23N3O4/c24-21(27)14-15-26(19-7-2-1-3-8-19)22(28)16-30-23(29)13-12-18-11-10-17-6-4-5-9-20(17)25-18/h1-11H,12-16H2,(H2,24,27). The van der Waals surface area contributed by atoms with Gasteiger partial charge in [-0.15, -0.1) is 0 Å². The molecule has 0 radical (unpaired) electrons. The molecule has 2 aromatic carbocycles. The van der Waals surface area contributed by atoms with Crippen molar-refractivity contribution in [1.82, 2.24) is 4.98 Å². The van der Waals surface area contributed by atoms with Crippen molar-refractivity contribution in [2.24, 2.45) is 5.73 Å². The maximum absolute atomic E-state index is 12.6. The summed E-state index contributed by atoms with van der Waals surface area (Å²) in [6.45, 7) is -0.283. The SMILES string of the molecule is NC(=O)CCN(C(=O)COC(=O)CCc1ccc2ccccc2n1)c1ccccc1. The van der Waals surface area contributed by atoms with Crippen molar-refractivity contribution in [1.29, 1.82) is 0 Å². The van der Waals surface area contributed by atoms with E-state index < -0.39 is 24.4 Å². The summed E-state index contributed by atoms with van der Waals surface area (Å²) in [5.41, 5.74) is 7.46. The van der Waals surface area contributed by atoms with E-state index in [-0.39, 0.29) is 19.4 Å². The Morgan fingerprint density at radius 1 is 0.900 bits per heavy atom. The number of rotatable bonds is 9. The van der Waals surface area contributed by atoms with Gasteiger partial charge in [0.25, 0.3) is 5.91 Å². The highest BCUT2D eigenvalue weighted by Gasteiger charge is 2.18. The first kappa shape index (κ1) is 21.0. The normalized spacial score (nSPS) is 10.5. The summed E-state index contributed by atoms with van der Waals surface area (Å²) in [6.07, 6.45) is 0.551. The molecule has 3 rings (SSSR count). The van der Waals surface area contributed by atoms with Crippen LogP contribution in [0.15, 0.2) is 66.7 Å². The molecule has 0 aliphatic rings. The number of aromatic nitrogens is 1. The molecule has 0 saturated heterocycles. The molecule has 0 spiro atoms. The summed E-state index contributed by atoms with van der Waals surface area (Å²) < 4.78 is 5.15. The number of aryl methyl sites for hydroxylation is 1. The minimum absolute atomic E-state index is 0.0161. The maximum atomic E-state index is 12.6. The molecule has 0 bridgehead atoms. The van der Waals surface area contributed by atoms with Crippen LogP contribution in [0.2, 0.25) is 0 Å². The molecule has 0 saturated carbocycles. The van der Waals surface area contributed by atoms with Crippen LogP contribution in [0.1, 0.15) is 18.5 Å². The van der Waals surface area contributed by atoms with Crippen molar-refractivity contribution in [2.45, 2.75) is 19.3 Å². The lowest BCUT2D eigenvalue weighted by molar-refractivity contribution is -0.147. The van der Waals surface area contributed by atoms with E-state index in [1.807, 2.05) is 42.5 Å². The third kappa shape index (κ3) is 5.88. The number of carbonyl (C=O) groups excluding carboxylic acids is 3. The fourth-order valence-corrected chi connectivity index (χ4v) is 3.00. The van der Waals surface area contributed by atoms with Gasteiger partial charge in [0.2, 0.25) is 5.91 Å². The molecular formula is C23H23N3O4. The Kier molecular flexibility index (Phi) is 7.10. The van der Waals surface area contributed by atoms with E-state index in [1.165, 1.54) is 4.90 Å². The molecule has 3 aromatic rings. The number of amides is 2. The molecular weight excluding hydrogens is 382 g/mol. The minimum atomic E-state index is -0.511. The number of benzene rings is 2. The summed E-state index contributed by atoms with van der Waals surface area (Å²) in [5, 5.41) is 1.03. The second-order valence-corrected chi connectivity index (χ2v) is 6.75. The topological polar surface area (TPSA) is 103 Å². The molecule has 0 unspecified atom stereocenters. The lowest BCUT2D eigenvalue weighted by Crippen LogP contribution is -2.37. The maximum Gasteiger partial charge on any atom is 0.306 e. The van der Waals surface area contributed by atoms with Gasteiger partial charge in [-0.1, -0.05) is 42.5 Å². The van der Waals surface area contributed by atoms with Gasteiger partial charge >= 0.3 is 5.97 Å². The number of fused-ring (bicyclic) bond motifs is 1. The van der Waals surface area contributed by atoms with Crippen molar-refractivity contribution < 1.29 is 19.1 Å². The number of nitrogens with two attached hydrogens (primary N) is 1. The molecule has 1 aromatic heterocycles. The molecule has 7 heteroatoms. The Balaban J connectivity index is 1.53. The number of hydrogen-bond acceptors (Lipinski definition) is 5. The molecule has 0 aliphatic heterocycles. The van der Waals surface area contributed by atoms with Crippen molar-refractivity contribution in [3.63, 3.8) is 0 Å². The van der Waals surface area contributed by atoms with Gasteiger partial charge in [-0.3, -0.25) is 19.4 Å². The number of nitrogens with zero attached hydrogens (tertiary/aromatic N) is 2. The first-order valence-electron chi connectivity index (χ1n) is 9.67. The monoisotopic (exact) mass is 405 g/mol. The van der Waals surface area contributed by atoms with E-state index in [2.05, 4.69) is 4.98 Å². The van der Waals surface area contributed by atoms with Crippen molar-refractivity contribution >= 4 is 34.4 Å². The van der Waals surface area contributed by atoms with Crippen LogP contribution in [-0.2, 0) is 25.5 Å². The number of anilines is 1. The Labute approximate surface area is 174 Å². The summed E-state index contributed by atoms with van der Waals surface area (Å²) in [6, 6.07) is 20.5. The highest BCUT2D eigenvalue weighted by molar-refractivity contribution is 5.95. The number of pyridine rings is 1. The van der Waals surface area contributed by atoms with Gasteiger partial charge in [0.05, 0.1) is 11.9 Å². The zero-order valence-corrected chi connectivity index (χ0v) is 16.5. The largest absolute Gasteiger partial charge is 0.456 e. The third-order valence-corrected chi connectivity index (χ3v) is 4.55. The highest BCUT2D eigenvalue weighted by Crippen LogP contribution is 2.15. The van der Waals surface area contributed by atoms with Gasteiger partial charge in [-0.05, 0) is 24.3 Å². The van der Waals surface area contributed by atoms with Gasteiger partial charge in [0, 0.05) is 36.2 Å². The second-order valence-electron chi connectivity index (χ2n) is 6.75. The molecule has 0 atom stereocenters. The fraction of sp³-hybridized carbons (Fsp3) is 0.217. The molecule has 154 valence electrons. The Morgan fingerprint density at radius 2 is 1.63 bits per heavy atom. The van der Waals surface area contributed by atoms with Crippen LogP contribution in [-0.4, -0.2) is 35.9 Å². The molecule has 0 aliphatic carbocycles. The Hall–Kier alpha value is -3.74. The fourth-order valence-electron chi connectivity index (χ4n) is 3.00.